The number of methoxy groups -OCH3 is 2. The number of hydrogen-bond donors (Lipinski definition) is 2. The second-order valence-corrected chi connectivity index (χ2v) is 7.01. The van der Waals surface area contributed by atoms with Crippen LogP contribution in [0.2, 0.25) is 0 Å². The maximum absolute atomic E-state index is 12.2. The molecule has 0 saturated carbocycles. The number of rotatable bonds is 7. The lowest BCUT2D eigenvalue weighted by atomic mass is 10.1. The number of esters is 2. The molecule has 0 amide bonds. The van der Waals surface area contributed by atoms with E-state index in [2.05, 4.69) is 14.7 Å². The molecule has 32 heavy (non-hydrogen) atoms. The highest BCUT2D eigenvalue weighted by Gasteiger charge is 2.14. The van der Waals surface area contributed by atoms with Gasteiger partial charge in [-0.25, -0.2) is 9.59 Å². The Balaban J connectivity index is 1.75. The van der Waals surface area contributed by atoms with Crippen molar-refractivity contribution < 1.29 is 23.8 Å². The van der Waals surface area contributed by atoms with E-state index in [1.54, 1.807) is 54.6 Å². The van der Waals surface area contributed by atoms with Crippen LogP contribution in [-0.4, -0.2) is 36.1 Å². The van der Waals surface area contributed by atoms with Gasteiger partial charge in [0.15, 0.2) is 4.77 Å². The molecule has 3 rings (SSSR count). The van der Waals surface area contributed by atoms with E-state index in [4.69, 9.17) is 21.7 Å². The van der Waals surface area contributed by atoms with Crippen LogP contribution < -0.4 is 10.3 Å². The van der Waals surface area contributed by atoms with E-state index < -0.39 is 17.5 Å². The van der Waals surface area contributed by atoms with Crippen molar-refractivity contribution in [3.63, 3.8) is 0 Å². The van der Waals surface area contributed by atoms with Gasteiger partial charge >= 0.3 is 11.9 Å². The fourth-order valence-electron chi connectivity index (χ4n) is 2.82. The van der Waals surface area contributed by atoms with E-state index in [0.717, 1.165) is 5.56 Å². The first-order valence-corrected chi connectivity index (χ1v) is 9.84. The molecule has 164 valence electrons. The van der Waals surface area contributed by atoms with Crippen molar-refractivity contribution in [2.75, 3.05) is 14.2 Å². The van der Waals surface area contributed by atoms with Gasteiger partial charge in [0.25, 0.3) is 5.56 Å². The molecule has 0 atom stereocenters. The van der Waals surface area contributed by atoms with Crippen LogP contribution >= 0.6 is 12.2 Å². The standard InChI is InChI=1S/C23H20N2O6S/c1-29-21(27)16-7-3-15(4-8-16)13-31-17-9-5-14(6-10-17)11-18(22(28)30-2)19-12-20(26)25-23(32)24-19/h3-12H,13H2,1-2H3,(H2,24,25,26,32)/b18-11-. The first-order valence-electron chi connectivity index (χ1n) is 9.44. The third-order valence-corrected chi connectivity index (χ3v) is 4.63. The molecule has 9 heteroatoms. The molecule has 2 aromatic carbocycles. The molecule has 0 fully saturated rings. The van der Waals surface area contributed by atoms with Gasteiger partial charge in [-0.3, -0.25) is 9.78 Å². The predicted octanol–water partition coefficient (Wildman–Crippen LogP) is 3.51. The van der Waals surface area contributed by atoms with Crippen molar-refractivity contribution in [3.05, 3.63) is 92.1 Å². The summed E-state index contributed by atoms with van der Waals surface area (Å²) in [4.78, 5) is 40.6. The van der Waals surface area contributed by atoms with Crippen LogP contribution in [-0.2, 0) is 20.9 Å². The number of nitrogens with one attached hydrogen (secondary N) is 2. The van der Waals surface area contributed by atoms with Gasteiger partial charge in [-0.05, 0) is 53.7 Å². The molecule has 0 bridgehead atoms. The fraction of sp³-hybridized carbons (Fsp3) is 0.130. The molecule has 8 nitrogen and oxygen atoms in total. The molecule has 2 N–H and O–H groups in total. The highest BCUT2D eigenvalue weighted by atomic mass is 32.1. The summed E-state index contributed by atoms with van der Waals surface area (Å²) in [5.41, 5.74) is 2.03. The summed E-state index contributed by atoms with van der Waals surface area (Å²) < 4.78 is 15.4. The van der Waals surface area contributed by atoms with Crippen molar-refractivity contribution in [2.45, 2.75) is 6.61 Å². The zero-order valence-electron chi connectivity index (χ0n) is 17.3. The summed E-state index contributed by atoms with van der Waals surface area (Å²) in [6.45, 7) is 0.313. The zero-order valence-corrected chi connectivity index (χ0v) is 18.2. The zero-order chi connectivity index (χ0) is 23.1. The summed E-state index contributed by atoms with van der Waals surface area (Å²) in [6, 6.07) is 15.2. The predicted molar refractivity (Wildman–Crippen MR) is 121 cm³/mol. The van der Waals surface area contributed by atoms with Gasteiger partial charge in [0, 0.05) is 6.07 Å². The lowest BCUT2D eigenvalue weighted by molar-refractivity contribution is -0.133. The number of carbonyl (C=O) groups excluding carboxylic acids is 2. The summed E-state index contributed by atoms with van der Waals surface area (Å²) in [7, 11) is 2.59. The van der Waals surface area contributed by atoms with Crippen molar-refractivity contribution in [2.24, 2.45) is 0 Å². The molecule has 0 aliphatic heterocycles. The smallest absolute Gasteiger partial charge is 0.339 e. The Morgan fingerprint density at radius 3 is 2.25 bits per heavy atom. The second kappa shape index (κ2) is 10.4. The van der Waals surface area contributed by atoms with Crippen molar-refractivity contribution in [3.8, 4) is 5.75 Å². The SMILES string of the molecule is COC(=O)/C(=C\c1ccc(OCc2ccc(C(=O)OC)cc2)cc1)c1cc(=O)[nH]c(=S)[nH]1. The summed E-state index contributed by atoms with van der Waals surface area (Å²) >= 11 is 4.98. The van der Waals surface area contributed by atoms with Crippen LogP contribution in [0.4, 0.5) is 0 Å². The Morgan fingerprint density at radius 1 is 0.969 bits per heavy atom. The molecule has 1 aromatic heterocycles. The molecular weight excluding hydrogens is 432 g/mol. The Kier molecular flexibility index (Phi) is 7.35. The lowest BCUT2D eigenvalue weighted by Crippen LogP contribution is -2.12. The van der Waals surface area contributed by atoms with Gasteiger partial charge in [-0.2, -0.15) is 0 Å². The van der Waals surface area contributed by atoms with E-state index in [-0.39, 0.29) is 16.0 Å². The minimum atomic E-state index is -0.614. The Hall–Kier alpha value is -3.98. The molecule has 0 spiro atoms. The molecule has 0 unspecified atom stereocenters. The molecule has 3 aromatic rings. The quantitative estimate of drug-likeness (QED) is 0.321. The Morgan fingerprint density at radius 2 is 1.66 bits per heavy atom. The summed E-state index contributed by atoms with van der Waals surface area (Å²) in [6.07, 6.45) is 1.58. The minimum absolute atomic E-state index is 0.102. The molecule has 0 radical (unpaired) electrons. The number of aromatic nitrogens is 2. The topological polar surface area (TPSA) is 110 Å². The average Bonchev–Trinajstić information content (AvgIpc) is 2.80. The third kappa shape index (κ3) is 5.79. The maximum Gasteiger partial charge on any atom is 0.339 e. The molecule has 0 saturated heterocycles. The van der Waals surface area contributed by atoms with Crippen LogP contribution in [0.1, 0.15) is 27.2 Å². The Labute approximate surface area is 188 Å². The van der Waals surface area contributed by atoms with Crippen LogP contribution in [0.5, 0.6) is 5.75 Å². The van der Waals surface area contributed by atoms with Crippen molar-refractivity contribution in [1.29, 1.82) is 0 Å². The van der Waals surface area contributed by atoms with Gasteiger partial charge in [0.05, 0.1) is 31.1 Å². The van der Waals surface area contributed by atoms with Crippen molar-refractivity contribution in [1.82, 2.24) is 9.97 Å². The fourth-order valence-corrected chi connectivity index (χ4v) is 3.03. The molecule has 0 aliphatic rings. The monoisotopic (exact) mass is 452 g/mol. The number of H-pyrrole nitrogens is 2. The minimum Gasteiger partial charge on any atom is -0.489 e. The number of carbonyl (C=O) groups is 2. The van der Waals surface area contributed by atoms with Gasteiger partial charge in [-0.15, -0.1) is 0 Å². The van der Waals surface area contributed by atoms with Crippen LogP contribution in [0, 0.1) is 4.77 Å². The maximum atomic E-state index is 12.2. The summed E-state index contributed by atoms with van der Waals surface area (Å²) in [5, 5.41) is 0. The molecule has 0 aliphatic carbocycles. The van der Waals surface area contributed by atoms with Gasteiger partial charge < -0.3 is 19.2 Å². The largest absolute Gasteiger partial charge is 0.489 e. The first-order chi connectivity index (χ1) is 15.4. The van der Waals surface area contributed by atoms with Gasteiger partial charge in [0.1, 0.15) is 12.4 Å². The summed E-state index contributed by atoms with van der Waals surface area (Å²) in [5.74, 6) is -0.388. The van der Waals surface area contributed by atoms with Crippen LogP contribution in [0.3, 0.4) is 0 Å². The highest BCUT2D eigenvalue weighted by Crippen LogP contribution is 2.20. The average molecular weight is 452 g/mol. The number of aromatic amines is 2. The Bertz CT molecular complexity index is 1230. The lowest BCUT2D eigenvalue weighted by Gasteiger charge is -2.08. The van der Waals surface area contributed by atoms with Crippen molar-refractivity contribution >= 4 is 35.8 Å². The highest BCUT2D eigenvalue weighted by molar-refractivity contribution is 7.71. The van der Waals surface area contributed by atoms with Gasteiger partial charge in [-0.1, -0.05) is 24.3 Å². The van der Waals surface area contributed by atoms with E-state index >= 15 is 0 Å². The van der Waals surface area contributed by atoms with E-state index in [1.165, 1.54) is 20.3 Å². The number of hydrogen-bond acceptors (Lipinski definition) is 7. The first kappa shape index (κ1) is 22.7. The normalized spacial score (nSPS) is 11.0. The van der Waals surface area contributed by atoms with Gasteiger partial charge in [0.2, 0.25) is 0 Å². The number of ether oxygens (including phenoxy) is 3. The molecule has 1 heterocycles. The van der Waals surface area contributed by atoms with E-state index in [0.29, 0.717) is 23.5 Å². The number of benzene rings is 2. The molecular formula is C23H20N2O6S. The third-order valence-electron chi connectivity index (χ3n) is 4.43. The van der Waals surface area contributed by atoms with E-state index in [1.807, 2.05) is 0 Å². The van der Waals surface area contributed by atoms with Crippen LogP contribution in [0.15, 0.2) is 59.4 Å². The second-order valence-electron chi connectivity index (χ2n) is 6.60. The van der Waals surface area contributed by atoms with Crippen LogP contribution in [0.25, 0.3) is 11.6 Å². The van der Waals surface area contributed by atoms with E-state index in [9.17, 15) is 14.4 Å².